The van der Waals surface area contributed by atoms with E-state index in [1.807, 2.05) is 30.3 Å². The number of nitrogens with one attached hydrogen (secondary N) is 1. The van der Waals surface area contributed by atoms with Crippen LogP contribution in [0.15, 0.2) is 48.5 Å². The van der Waals surface area contributed by atoms with Crippen LogP contribution in [0.1, 0.15) is 11.1 Å². The molecule has 0 bridgehead atoms. The van der Waals surface area contributed by atoms with Gasteiger partial charge < -0.3 is 29.5 Å². The van der Waals surface area contributed by atoms with Crippen molar-refractivity contribution in [3.63, 3.8) is 0 Å². The summed E-state index contributed by atoms with van der Waals surface area (Å²) in [6.07, 6.45) is -0.702. The van der Waals surface area contributed by atoms with Gasteiger partial charge in [-0.3, -0.25) is 4.79 Å². The molecule has 0 unspecified atom stereocenters. The molecule has 2 atom stereocenters. The van der Waals surface area contributed by atoms with E-state index in [4.69, 9.17) is 14.2 Å². The molecule has 2 aromatic rings. The third-order valence-corrected chi connectivity index (χ3v) is 4.84. The fourth-order valence-corrected chi connectivity index (χ4v) is 3.22. The topological polar surface area (TPSA) is 97.3 Å². The molecular formula is C21H24N2O6. The Morgan fingerprint density at radius 3 is 2.55 bits per heavy atom. The molecule has 0 aromatic heterocycles. The number of hydrogen-bond acceptors (Lipinski definition) is 6. The van der Waals surface area contributed by atoms with Crippen molar-refractivity contribution >= 4 is 12.0 Å². The SMILES string of the molecule is COc1ccc(CN2C(=O)[C@H](NC(=O)OCc3ccccc3)[C@H]2CO)c(OC)c1. The number of aliphatic hydroxyl groups excluding tert-OH is 1. The summed E-state index contributed by atoms with van der Waals surface area (Å²) in [5.41, 5.74) is 1.61. The van der Waals surface area contributed by atoms with Gasteiger partial charge in [0, 0.05) is 18.2 Å². The van der Waals surface area contributed by atoms with E-state index < -0.39 is 18.2 Å². The van der Waals surface area contributed by atoms with Gasteiger partial charge in [-0.2, -0.15) is 0 Å². The Morgan fingerprint density at radius 1 is 1.14 bits per heavy atom. The van der Waals surface area contributed by atoms with Crippen LogP contribution in [0, 0.1) is 0 Å². The van der Waals surface area contributed by atoms with Gasteiger partial charge in [-0.15, -0.1) is 0 Å². The van der Waals surface area contributed by atoms with Crippen LogP contribution in [0.3, 0.4) is 0 Å². The van der Waals surface area contributed by atoms with Crippen LogP contribution in [-0.4, -0.2) is 54.9 Å². The highest BCUT2D eigenvalue weighted by Gasteiger charge is 2.48. The Balaban J connectivity index is 1.59. The lowest BCUT2D eigenvalue weighted by Crippen LogP contribution is -2.71. The van der Waals surface area contributed by atoms with Crippen molar-refractivity contribution in [3.05, 3.63) is 59.7 Å². The van der Waals surface area contributed by atoms with Gasteiger partial charge in [-0.1, -0.05) is 30.3 Å². The maximum atomic E-state index is 12.5. The zero-order valence-electron chi connectivity index (χ0n) is 16.3. The van der Waals surface area contributed by atoms with Gasteiger partial charge in [0.15, 0.2) is 0 Å². The molecular weight excluding hydrogens is 376 g/mol. The van der Waals surface area contributed by atoms with Crippen molar-refractivity contribution in [1.29, 1.82) is 0 Å². The first-order chi connectivity index (χ1) is 14.1. The Morgan fingerprint density at radius 2 is 1.90 bits per heavy atom. The summed E-state index contributed by atoms with van der Waals surface area (Å²) in [6.45, 7) is 0.0620. The molecule has 0 spiro atoms. The lowest BCUT2D eigenvalue weighted by atomic mass is 9.94. The van der Waals surface area contributed by atoms with Crippen LogP contribution in [0.25, 0.3) is 0 Å². The number of carbonyl (C=O) groups is 2. The number of benzene rings is 2. The summed E-state index contributed by atoms with van der Waals surface area (Å²) in [6, 6.07) is 13.2. The number of hydrogen-bond donors (Lipinski definition) is 2. The van der Waals surface area contributed by atoms with Crippen LogP contribution < -0.4 is 14.8 Å². The van der Waals surface area contributed by atoms with E-state index in [1.165, 1.54) is 12.0 Å². The predicted molar refractivity (Wildman–Crippen MR) is 105 cm³/mol. The van der Waals surface area contributed by atoms with Crippen molar-refractivity contribution in [2.45, 2.75) is 25.2 Å². The van der Waals surface area contributed by atoms with Crippen molar-refractivity contribution in [3.8, 4) is 11.5 Å². The normalized spacial score (nSPS) is 18.0. The molecule has 0 aliphatic carbocycles. The zero-order valence-corrected chi connectivity index (χ0v) is 16.3. The number of carbonyl (C=O) groups excluding carboxylic acids is 2. The molecule has 8 nitrogen and oxygen atoms in total. The van der Waals surface area contributed by atoms with Gasteiger partial charge in [0.2, 0.25) is 5.91 Å². The molecule has 0 radical (unpaired) electrons. The first-order valence-electron chi connectivity index (χ1n) is 9.16. The number of nitrogens with zero attached hydrogens (tertiary/aromatic N) is 1. The highest BCUT2D eigenvalue weighted by molar-refractivity contribution is 5.92. The standard InChI is InChI=1S/C21H24N2O6/c1-27-16-9-8-15(18(10-16)28-2)11-23-17(12-24)19(20(23)25)22-21(26)29-13-14-6-4-3-5-7-14/h3-10,17,19,24H,11-13H2,1-2H3,(H,22,26)/t17-,19-/m1/s1. The Bertz CT molecular complexity index is 858. The molecule has 1 saturated heterocycles. The average molecular weight is 400 g/mol. The fraction of sp³-hybridized carbons (Fsp3) is 0.333. The van der Waals surface area contributed by atoms with Gasteiger partial charge in [0.25, 0.3) is 0 Å². The minimum absolute atomic E-state index is 0.101. The molecule has 2 N–H and O–H groups in total. The van der Waals surface area contributed by atoms with E-state index in [-0.39, 0.29) is 25.7 Å². The van der Waals surface area contributed by atoms with Crippen LogP contribution in [-0.2, 0) is 22.7 Å². The van der Waals surface area contributed by atoms with Crippen molar-refractivity contribution in [1.82, 2.24) is 10.2 Å². The van der Waals surface area contributed by atoms with Gasteiger partial charge in [-0.05, 0) is 17.7 Å². The van der Waals surface area contributed by atoms with E-state index >= 15 is 0 Å². The summed E-state index contributed by atoms with van der Waals surface area (Å²) in [5, 5.41) is 12.3. The molecule has 1 aliphatic heterocycles. The first kappa shape index (κ1) is 20.5. The number of likely N-dealkylation sites (tertiary alicyclic amines) is 1. The first-order valence-corrected chi connectivity index (χ1v) is 9.16. The van der Waals surface area contributed by atoms with Gasteiger partial charge in [0.05, 0.1) is 26.9 Å². The number of β-lactam (4-membered cyclic amide) rings is 1. The molecule has 2 aromatic carbocycles. The van der Waals surface area contributed by atoms with Crippen LogP contribution in [0.2, 0.25) is 0 Å². The van der Waals surface area contributed by atoms with Gasteiger partial charge in [0.1, 0.15) is 24.1 Å². The van der Waals surface area contributed by atoms with Crippen LogP contribution in [0.5, 0.6) is 11.5 Å². The maximum absolute atomic E-state index is 12.5. The molecule has 2 amide bonds. The summed E-state index contributed by atoms with van der Waals surface area (Å²) in [4.78, 5) is 26.1. The summed E-state index contributed by atoms with van der Waals surface area (Å²) in [5.74, 6) is 0.922. The third kappa shape index (κ3) is 4.60. The smallest absolute Gasteiger partial charge is 0.408 e. The van der Waals surface area contributed by atoms with E-state index in [0.717, 1.165) is 11.1 Å². The predicted octanol–water partition coefficient (Wildman–Crippen LogP) is 1.70. The number of rotatable bonds is 8. The molecule has 0 saturated carbocycles. The molecule has 1 aliphatic rings. The summed E-state index contributed by atoms with van der Waals surface area (Å²) >= 11 is 0. The Labute approximate surface area is 169 Å². The van der Waals surface area contributed by atoms with Crippen LogP contribution >= 0.6 is 0 Å². The summed E-state index contributed by atoms with van der Waals surface area (Å²) in [7, 11) is 3.09. The van der Waals surface area contributed by atoms with E-state index in [1.54, 1.807) is 25.3 Å². The van der Waals surface area contributed by atoms with E-state index in [2.05, 4.69) is 5.32 Å². The lowest BCUT2D eigenvalue weighted by molar-refractivity contribution is -0.154. The zero-order chi connectivity index (χ0) is 20.8. The summed E-state index contributed by atoms with van der Waals surface area (Å²) < 4.78 is 15.7. The second kappa shape index (κ2) is 9.29. The molecule has 1 heterocycles. The lowest BCUT2D eigenvalue weighted by Gasteiger charge is -2.46. The number of alkyl carbamates (subject to hydrolysis) is 1. The number of amides is 2. The van der Waals surface area contributed by atoms with Gasteiger partial charge in [-0.25, -0.2) is 4.79 Å². The molecule has 1 fully saturated rings. The highest BCUT2D eigenvalue weighted by atomic mass is 16.5. The monoisotopic (exact) mass is 400 g/mol. The molecule has 29 heavy (non-hydrogen) atoms. The minimum Gasteiger partial charge on any atom is -0.497 e. The van der Waals surface area contributed by atoms with E-state index in [0.29, 0.717) is 11.5 Å². The average Bonchev–Trinajstić information content (AvgIpc) is 2.77. The minimum atomic E-state index is -0.826. The van der Waals surface area contributed by atoms with Crippen molar-refractivity contribution in [2.24, 2.45) is 0 Å². The maximum Gasteiger partial charge on any atom is 0.408 e. The molecule has 3 rings (SSSR count). The Hall–Kier alpha value is -3.26. The highest BCUT2D eigenvalue weighted by Crippen LogP contribution is 2.29. The molecule has 154 valence electrons. The quantitative estimate of drug-likeness (QED) is 0.655. The Kier molecular flexibility index (Phi) is 6.56. The van der Waals surface area contributed by atoms with Crippen LogP contribution in [0.4, 0.5) is 4.79 Å². The van der Waals surface area contributed by atoms with Crippen molar-refractivity contribution < 1.29 is 28.9 Å². The molecule has 8 heteroatoms. The second-order valence-electron chi connectivity index (χ2n) is 6.58. The second-order valence-corrected chi connectivity index (χ2v) is 6.58. The largest absolute Gasteiger partial charge is 0.497 e. The number of aliphatic hydroxyl groups is 1. The van der Waals surface area contributed by atoms with Crippen molar-refractivity contribution in [2.75, 3.05) is 20.8 Å². The number of ether oxygens (including phenoxy) is 3. The fourth-order valence-electron chi connectivity index (χ4n) is 3.22. The third-order valence-electron chi connectivity index (χ3n) is 4.84. The van der Waals surface area contributed by atoms with Gasteiger partial charge >= 0.3 is 6.09 Å². The number of methoxy groups -OCH3 is 2. The van der Waals surface area contributed by atoms with E-state index in [9.17, 15) is 14.7 Å².